The monoisotopic (exact) mass is 184 g/mol. The highest BCUT2D eigenvalue weighted by atomic mass is 14.3. The van der Waals surface area contributed by atoms with Gasteiger partial charge >= 0.3 is 0 Å². The Kier molecular flexibility index (Phi) is 4.48. The molecule has 0 bridgehead atoms. The molecule has 0 aromatic rings. The lowest BCUT2D eigenvalue weighted by Gasteiger charge is -2.30. The first kappa shape index (κ1) is 13.0. The Morgan fingerprint density at radius 3 is 1.23 bits per heavy atom. The smallest absolute Gasteiger partial charge is 0.0380 e. The Balaban J connectivity index is 4.05. The average Bonchev–Trinajstić information content (AvgIpc) is 1.79. The van der Waals surface area contributed by atoms with Gasteiger partial charge in [0.1, 0.15) is 0 Å². The maximum atomic E-state index is 2.35. The van der Waals surface area contributed by atoms with Crippen LogP contribution in [-0.2, 0) is 0 Å². The fourth-order valence-electron chi connectivity index (χ4n) is 2.09. The number of hydrogen-bond donors (Lipinski definition) is 0. The molecule has 0 aromatic carbocycles. The summed E-state index contributed by atoms with van der Waals surface area (Å²) in [6, 6.07) is 0. The first-order chi connectivity index (χ1) is 5.64. The molecule has 80 valence electrons. The normalized spacial score (nSPS) is 13.8. The minimum absolute atomic E-state index is 0.492. The van der Waals surface area contributed by atoms with Gasteiger partial charge in [0, 0.05) is 0 Å². The van der Waals surface area contributed by atoms with Gasteiger partial charge in [-0.15, -0.1) is 0 Å². The van der Waals surface area contributed by atoms with Crippen LogP contribution in [0.1, 0.15) is 67.7 Å². The molecule has 0 aliphatic heterocycles. The maximum absolute atomic E-state index is 2.35. The van der Waals surface area contributed by atoms with Crippen molar-refractivity contribution >= 4 is 0 Å². The Hall–Kier alpha value is 0. The molecular formula is C13H28. The van der Waals surface area contributed by atoms with Crippen LogP contribution in [0.15, 0.2) is 0 Å². The zero-order chi connectivity index (χ0) is 10.7. The zero-order valence-corrected chi connectivity index (χ0v) is 10.7. The van der Waals surface area contributed by atoms with Gasteiger partial charge in [-0.25, -0.2) is 0 Å². The molecule has 0 aromatic heterocycles. The van der Waals surface area contributed by atoms with Crippen LogP contribution >= 0.6 is 0 Å². The van der Waals surface area contributed by atoms with Crippen molar-refractivity contribution in [1.82, 2.24) is 0 Å². The summed E-state index contributed by atoms with van der Waals surface area (Å²) in [5.74, 6) is 0.903. The molecule has 0 radical (unpaired) electrons. The highest BCUT2D eigenvalue weighted by molar-refractivity contribution is 4.73. The molecule has 0 saturated heterocycles. The van der Waals surface area contributed by atoms with Crippen molar-refractivity contribution in [1.29, 1.82) is 0 Å². The lowest BCUT2D eigenvalue weighted by Crippen LogP contribution is -2.18. The third-order valence-corrected chi connectivity index (χ3v) is 2.38. The van der Waals surface area contributed by atoms with E-state index in [9.17, 15) is 0 Å². The molecule has 0 saturated carbocycles. The predicted molar refractivity (Wildman–Crippen MR) is 61.9 cm³/mol. The lowest BCUT2D eigenvalue weighted by atomic mass is 9.76. The quantitative estimate of drug-likeness (QED) is 0.586. The lowest BCUT2D eigenvalue weighted by molar-refractivity contribution is 0.215. The molecule has 0 aliphatic rings. The zero-order valence-electron chi connectivity index (χ0n) is 10.7. The second-order valence-corrected chi connectivity index (χ2v) is 6.80. The van der Waals surface area contributed by atoms with E-state index < -0.39 is 0 Å². The second-order valence-electron chi connectivity index (χ2n) is 6.80. The van der Waals surface area contributed by atoms with Crippen molar-refractivity contribution in [3.05, 3.63) is 0 Å². The minimum Gasteiger partial charge on any atom is -0.0651 e. The standard InChI is InChI=1S/C13H28/c1-8-11(9-12(2,3)4)10-13(5,6)7/h11H,8-10H2,1-7H3. The van der Waals surface area contributed by atoms with E-state index in [1.807, 2.05) is 0 Å². The van der Waals surface area contributed by atoms with Gasteiger partial charge in [-0.2, -0.15) is 0 Å². The molecule has 13 heavy (non-hydrogen) atoms. The Bertz CT molecular complexity index is 115. The Labute approximate surface area is 85.1 Å². The molecule has 0 fully saturated rings. The highest BCUT2D eigenvalue weighted by Crippen LogP contribution is 2.34. The van der Waals surface area contributed by atoms with E-state index in [0.717, 1.165) is 5.92 Å². The van der Waals surface area contributed by atoms with E-state index in [1.165, 1.54) is 19.3 Å². The van der Waals surface area contributed by atoms with E-state index in [0.29, 0.717) is 10.8 Å². The van der Waals surface area contributed by atoms with Crippen molar-refractivity contribution in [2.24, 2.45) is 16.7 Å². The van der Waals surface area contributed by atoms with Gasteiger partial charge in [-0.05, 0) is 29.6 Å². The van der Waals surface area contributed by atoms with Crippen molar-refractivity contribution in [2.45, 2.75) is 67.7 Å². The molecule has 0 nitrogen and oxygen atoms in total. The van der Waals surface area contributed by atoms with Crippen LogP contribution in [0, 0.1) is 16.7 Å². The van der Waals surface area contributed by atoms with Gasteiger partial charge < -0.3 is 0 Å². The van der Waals surface area contributed by atoms with Gasteiger partial charge in [0.25, 0.3) is 0 Å². The fourth-order valence-corrected chi connectivity index (χ4v) is 2.09. The summed E-state index contributed by atoms with van der Waals surface area (Å²) in [5.41, 5.74) is 0.984. The van der Waals surface area contributed by atoms with Crippen LogP contribution in [-0.4, -0.2) is 0 Å². The van der Waals surface area contributed by atoms with E-state index in [4.69, 9.17) is 0 Å². The van der Waals surface area contributed by atoms with Crippen molar-refractivity contribution in [2.75, 3.05) is 0 Å². The molecule has 0 aliphatic carbocycles. The molecule has 0 N–H and O–H groups in total. The molecule has 0 spiro atoms. The van der Waals surface area contributed by atoms with Crippen LogP contribution in [0.25, 0.3) is 0 Å². The molecule has 0 heteroatoms. The fraction of sp³-hybridized carbons (Fsp3) is 1.00. The van der Waals surface area contributed by atoms with E-state index in [2.05, 4.69) is 48.5 Å². The van der Waals surface area contributed by atoms with E-state index >= 15 is 0 Å². The highest BCUT2D eigenvalue weighted by Gasteiger charge is 2.22. The van der Waals surface area contributed by atoms with Crippen LogP contribution in [0.2, 0.25) is 0 Å². The summed E-state index contributed by atoms with van der Waals surface area (Å²) in [5, 5.41) is 0. The minimum atomic E-state index is 0.492. The predicted octanol–water partition coefficient (Wildman–Crippen LogP) is 4.89. The molecule has 0 atom stereocenters. The number of rotatable bonds is 3. The summed E-state index contributed by atoms with van der Waals surface area (Å²) in [4.78, 5) is 0. The molecular weight excluding hydrogens is 156 g/mol. The average molecular weight is 184 g/mol. The van der Waals surface area contributed by atoms with E-state index in [-0.39, 0.29) is 0 Å². The van der Waals surface area contributed by atoms with Crippen LogP contribution in [0.5, 0.6) is 0 Å². The summed E-state index contributed by atoms with van der Waals surface area (Å²) in [7, 11) is 0. The largest absolute Gasteiger partial charge is 0.0651 e. The van der Waals surface area contributed by atoms with Crippen LogP contribution in [0.3, 0.4) is 0 Å². The van der Waals surface area contributed by atoms with Gasteiger partial charge in [0.05, 0.1) is 0 Å². The van der Waals surface area contributed by atoms with Crippen molar-refractivity contribution in [3.63, 3.8) is 0 Å². The molecule has 0 unspecified atom stereocenters. The summed E-state index contributed by atoms with van der Waals surface area (Å²) in [6.07, 6.45) is 4.05. The van der Waals surface area contributed by atoms with Gasteiger partial charge in [0.2, 0.25) is 0 Å². The van der Waals surface area contributed by atoms with E-state index in [1.54, 1.807) is 0 Å². The molecule has 0 rings (SSSR count). The van der Waals surface area contributed by atoms with Crippen LogP contribution in [0.4, 0.5) is 0 Å². The molecule has 0 amide bonds. The van der Waals surface area contributed by atoms with Gasteiger partial charge in [-0.3, -0.25) is 0 Å². The topological polar surface area (TPSA) is 0 Å². The number of hydrogen-bond acceptors (Lipinski definition) is 0. The first-order valence-corrected chi connectivity index (χ1v) is 5.64. The van der Waals surface area contributed by atoms with Gasteiger partial charge in [0.15, 0.2) is 0 Å². The maximum Gasteiger partial charge on any atom is -0.0380 e. The first-order valence-electron chi connectivity index (χ1n) is 5.64. The third-order valence-electron chi connectivity index (χ3n) is 2.38. The second kappa shape index (κ2) is 4.48. The summed E-state index contributed by atoms with van der Waals surface area (Å²) < 4.78 is 0. The molecule has 0 heterocycles. The Morgan fingerprint density at radius 1 is 0.769 bits per heavy atom. The van der Waals surface area contributed by atoms with Crippen molar-refractivity contribution < 1.29 is 0 Å². The SMILES string of the molecule is CCC(CC(C)(C)C)CC(C)(C)C. The summed E-state index contributed by atoms with van der Waals surface area (Å²) >= 11 is 0. The van der Waals surface area contributed by atoms with Crippen LogP contribution < -0.4 is 0 Å². The van der Waals surface area contributed by atoms with Gasteiger partial charge in [-0.1, -0.05) is 54.9 Å². The third kappa shape index (κ3) is 8.33. The Morgan fingerprint density at radius 2 is 1.08 bits per heavy atom. The van der Waals surface area contributed by atoms with Crippen molar-refractivity contribution in [3.8, 4) is 0 Å². The summed E-state index contributed by atoms with van der Waals surface area (Å²) in [6.45, 7) is 16.4.